The van der Waals surface area contributed by atoms with E-state index in [1.54, 1.807) is 31.2 Å². The van der Waals surface area contributed by atoms with Crippen LogP contribution in [0.25, 0.3) is 10.8 Å². The fraction of sp³-hybridized carbons (Fsp3) is 0.583. The van der Waals surface area contributed by atoms with Gasteiger partial charge in [-0.05, 0) is 73.9 Å². The molecule has 15 nitrogen and oxygen atoms in total. The van der Waals surface area contributed by atoms with Crippen molar-refractivity contribution in [3.63, 3.8) is 0 Å². The largest absolute Gasteiger partial charge is 0.493 e. The van der Waals surface area contributed by atoms with Crippen LogP contribution in [0.4, 0.5) is 9.18 Å². The number of carboxylic acid groups (broad SMARTS) is 1. The Morgan fingerprint density at radius 1 is 1.13 bits per heavy atom. The third-order valence-corrected chi connectivity index (χ3v) is 13.2. The van der Waals surface area contributed by atoms with Gasteiger partial charge in [0.2, 0.25) is 27.7 Å². The van der Waals surface area contributed by atoms with E-state index >= 15 is 0 Å². The molecular weight excluding hydrogens is 713 g/mol. The van der Waals surface area contributed by atoms with Crippen molar-refractivity contribution in [2.45, 2.75) is 87.3 Å². The molecule has 17 heteroatoms. The number of carbonyl (C=O) groups excluding carboxylic acids is 3. The molecule has 2 aromatic rings. The summed E-state index contributed by atoms with van der Waals surface area (Å²) in [5.41, 5.74) is -1.68. The number of nitrogens with one attached hydrogen (secondary N) is 3. The van der Waals surface area contributed by atoms with Gasteiger partial charge in [0.1, 0.15) is 35.1 Å². The van der Waals surface area contributed by atoms with Crippen molar-refractivity contribution in [1.29, 1.82) is 0 Å². The summed E-state index contributed by atoms with van der Waals surface area (Å²) in [6.07, 6.45) is 4.94. The van der Waals surface area contributed by atoms with E-state index in [2.05, 4.69) is 15.6 Å². The second-order valence-electron chi connectivity index (χ2n) is 14.8. The Kier molecular flexibility index (Phi) is 10.5. The predicted octanol–water partition coefficient (Wildman–Crippen LogP) is 3.07. The van der Waals surface area contributed by atoms with Crippen LogP contribution in [0.1, 0.15) is 58.8 Å². The molecule has 1 saturated heterocycles. The summed E-state index contributed by atoms with van der Waals surface area (Å²) in [5.74, 6) is -2.19. The molecule has 6 rings (SSSR count). The second-order valence-corrected chi connectivity index (χ2v) is 16.9. The van der Waals surface area contributed by atoms with Crippen molar-refractivity contribution in [2.24, 2.45) is 17.8 Å². The lowest BCUT2D eigenvalue weighted by Crippen LogP contribution is -2.59. The number of allylic oxidation sites excluding steroid dienone is 1. The Labute approximate surface area is 307 Å². The number of fused-ring (bicyclic) bond motifs is 3. The van der Waals surface area contributed by atoms with E-state index in [1.807, 2.05) is 17.7 Å². The zero-order valence-corrected chi connectivity index (χ0v) is 30.9. The van der Waals surface area contributed by atoms with E-state index in [4.69, 9.17) is 14.2 Å². The minimum Gasteiger partial charge on any atom is -0.493 e. The van der Waals surface area contributed by atoms with Gasteiger partial charge in [0.15, 0.2) is 11.5 Å². The highest BCUT2D eigenvalue weighted by atomic mass is 32.2. The van der Waals surface area contributed by atoms with Crippen molar-refractivity contribution in [1.82, 2.24) is 25.2 Å². The van der Waals surface area contributed by atoms with E-state index in [9.17, 15) is 37.1 Å². The number of ether oxygens (including phenoxy) is 3. The van der Waals surface area contributed by atoms with E-state index in [1.165, 1.54) is 25.3 Å². The fourth-order valence-corrected chi connectivity index (χ4v) is 9.03. The number of alkyl halides is 1. The maximum atomic E-state index is 14.4. The Morgan fingerprint density at radius 2 is 1.85 bits per heavy atom. The molecule has 2 saturated carbocycles. The van der Waals surface area contributed by atoms with Gasteiger partial charge in [-0.2, -0.15) is 0 Å². The van der Waals surface area contributed by atoms with Crippen LogP contribution in [0.2, 0.25) is 0 Å². The summed E-state index contributed by atoms with van der Waals surface area (Å²) < 4.78 is 57.6. The first-order valence-electron chi connectivity index (χ1n) is 17.8. The number of hydrogen-bond acceptors (Lipinski definition) is 10. The van der Waals surface area contributed by atoms with Gasteiger partial charge in [0, 0.05) is 23.9 Å². The molecule has 3 fully saturated rings. The first kappa shape index (κ1) is 38.1. The van der Waals surface area contributed by atoms with Crippen LogP contribution in [-0.2, 0) is 24.4 Å². The molecule has 0 bridgehead atoms. The molecule has 288 valence electrons. The maximum absolute atomic E-state index is 14.4. The van der Waals surface area contributed by atoms with Crippen LogP contribution >= 0.6 is 0 Å². The molecule has 4 aliphatic rings. The fourth-order valence-electron chi connectivity index (χ4n) is 7.61. The lowest BCUT2D eigenvalue weighted by atomic mass is 9.88. The van der Waals surface area contributed by atoms with Gasteiger partial charge >= 0.3 is 6.09 Å². The molecule has 2 aliphatic heterocycles. The number of benzene rings is 1. The smallest absolute Gasteiger partial charge is 0.405 e. The average molecular weight is 760 g/mol. The SMILES string of the molecule is COc1cc2ccnc(O[C@@H]3C[C@H]4C(=O)NC5(C(=O)NS(=O)(=O)C6(CF)CC6)CC5/C=C\CC[C@H](C)C[C@@H](C)[C@H](NC(=O)O)C(=O)N4C3)c2cc1OC. The number of nitrogens with zero attached hydrogens (tertiary/aromatic N) is 2. The van der Waals surface area contributed by atoms with E-state index in [0.717, 1.165) is 5.39 Å². The number of sulfonamides is 1. The number of aromatic nitrogens is 1. The number of methoxy groups -OCH3 is 2. The van der Waals surface area contributed by atoms with Gasteiger partial charge in [-0.15, -0.1) is 0 Å². The molecule has 4 N–H and O–H groups in total. The summed E-state index contributed by atoms with van der Waals surface area (Å²) >= 11 is 0. The minimum absolute atomic E-state index is 0.0605. The van der Waals surface area contributed by atoms with E-state index in [0.29, 0.717) is 36.1 Å². The first-order valence-corrected chi connectivity index (χ1v) is 19.2. The van der Waals surface area contributed by atoms with Gasteiger partial charge in [-0.1, -0.05) is 26.0 Å². The van der Waals surface area contributed by atoms with Crippen LogP contribution in [0.3, 0.4) is 0 Å². The van der Waals surface area contributed by atoms with Gasteiger partial charge in [0.25, 0.3) is 5.91 Å². The molecule has 2 aliphatic carbocycles. The Balaban J connectivity index is 1.35. The molecule has 7 atom stereocenters. The quantitative estimate of drug-likeness (QED) is 0.274. The summed E-state index contributed by atoms with van der Waals surface area (Å²) in [6.45, 7) is 2.51. The van der Waals surface area contributed by atoms with Gasteiger partial charge in [0.05, 0.1) is 20.8 Å². The Hall–Kier alpha value is -4.67. The van der Waals surface area contributed by atoms with Crippen LogP contribution in [0.15, 0.2) is 36.5 Å². The van der Waals surface area contributed by atoms with Crippen LogP contribution in [0.5, 0.6) is 17.4 Å². The summed E-state index contributed by atoms with van der Waals surface area (Å²) in [4.78, 5) is 60.2. The molecule has 53 heavy (non-hydrogen) atoms. The number of hydrogen-bond donors (Lipinski definition) is 4. The topological polar surface area (TPSA) is 203 Å². The Morgan fingerprint density at radius 3 is 2.51 bits per heavy atom. The minimum atomic E-state index is -4.39. The summed E-state index contributed by atoms with van der Waals surface area (Å²) in [7, 11) is -1.39. The molecule has 0 radical (unpaired) electrons. The highest BCUT2D eigenvalue weighted by molar-refractivity contribution is 7.91. The third-order valence-electron chi connectivity index (χ3n) is 11.1. The average Bonchev–Trinajstić information content (AvgIpc) is 4.02. The first-order chi connectivity index (χ1) is 25.2. The lowest BCUT2D eigenvalue weighted by molar-refractivity contribution is -0.142. The van der Waals surface area contributed by atoms with Crippen molar-refractivity contribution in [2.75, 3.05) is 27.4 Å². The number of pyridine rings is 1. The molecule has 1 aromatic carbocycles. The van der Waals surface area contributed by atoms with Crippen LogP contribution < -0.4 is 29.6 Å². The summed E-state index contributed by atoms with van der Waals surface area (Å²) in [5, 5.41) is 16.2. The second kappa shape index (κ2) is 14.6. The van der Waals surface area contributed by atoms with Crippen molar-refractivity contribution < 1.29 is 51.3 Å². The monoisotopic (exact) mass is 759 g/mol. The Bertz CT molecular complexity index is 1920. The number of carbonyl (C=O) groups is 4. The molecule has 3 heterocycles. The normalized spacial score (nSPS) is 30.4. The predicted molar refractivity (Wildman–Crippen MR) is 190 cm³/mol. The highest BCUT2D eigenvalue weighted by Gasteiger charge is 2.64. The van der Waals surface area contributed by atoms with Crippen molar-refractivity contribution >= 4 is 44.6 Å². The molecular formula is C36H46FN5O10S. The van der Waals surface area contributed by atoms with Crippen LogP contribution in [0, 0.1) is 17.8 Å². The molecule has 1 aromatic heterocycles. The van der Waals surface area contributed by atoms with Crippen LogP contribution in [-0.4, -0.2) is 103 Å². The van der Waals surface area contributed by atoms with E-state index in [-0.39, 0.29) is 44.0 Å². The maximum Gasteiger partial charge on any atom is 0.405 e. The van der Waals surface area contributed by atoms with Gasteiger partial charge < -0.3 is 34.9 Å². The molecule has 4 amide bonds. The standard InChI is InChI=1S/C36H46FN5O10S/c1-20-7-5-6-8-23-17-36(23,33(45)41-53(48,49)35(19-37)10-11-35)40-30(43)26-15-24(18-42(26)32(44)29(21(2)13-20)39-34(46)47)52-31-25-16-28(51-4)27(50-3)14-22(25)9-12-38-31/h6,8-9,12,14,16,20-21,23-24,26,29,39H,5,7,10-11,13,15,17-19H2,1-4H3,(H,40,43)(H,41,45)(H,46,47)/b8-6-/t20-,21+,23?,24+,26-,29-,36?/m0/s1. The van der Waals surface area contributed by atoms with Crippen molar-refractivity contribution in [3.8, 4) is 17.4 Å². The lowest BCUT2D eigenvalue weighted by Gasteiger charge is -2.32. The van der Waals surface area contributed by atoms with Gasteiger partial charge in [-0.25, -0.2) is 22.6 Å². The number of rotatable bonds is 9. The zero-order chi connectivity index (χ0) is 38.3. The zero-order valence-electron chi connectivity index (χ0n) is 30.1. The summed E-state index contributed by atoms with van der Waals surface area (Å²) in [6, 6.07) is 2.77. The molecule has 2 unspecified atom stereocenters. The number of amides is 4. The molecule has 0 spiro atoms. The highest BCUT2D eigenvalue weighted by Crippen LogP contribution is 2.48. The third kappa shape index (κ3) is 7.44. The number of halogens is 1. The van der Waals surface area contributed by atoms with Crippen molar-refractivity contribution in [3.05, 3.63) is 36.5 Å². The van der Waals surface area contributed by atoms with Gasteiger partial charge in [-0.3, -0.25) is 19.1 Å². The van der Waals surface area contributed by atoms with E-state index < -0.39 is 80.8 Å².